The van der Waals surface area contributed by atoms with Crippen LogP contribution in [-0.2, 0) is 7.05 Å². The van der Waals surface area contributed by atoms with Gasteiger partial charge in [0, 0.05) is 19.2 Å². The molecule has 1 aromatic carbocycles. The summed E-state index contributed by atoms with van der Waals surface area (Å²) in [6, 6.07) is 9.91. The average Bonchev–Trinajstić information content (AvgIpc) is 3.00. The topological polar surface area (TPSA) is 56.2 Å². The van der Waals surface area contributed by atoms with E-state index in [0.717, 1.165) is 35.6 Å². The summed E-state index contributed by atoms with van der Waals surface area (Å²) >= 11 is 0. The van der Waals surface area contributed by atoms with Crippen LogP contribution in [0.4, 0.5) is 4.79 Å². The molecule has 1 heterocycles. The maximum atomic E-state index is 12.5. The number of nitrogens with zero attached hydrogens (tertiary/aromatic N) is 2. The molecule has 1 N–H and O–H groups in total. The minimum Gasteiger partial charge on any atom is -0.406 e. The Kier molecular flexibility index (Phi) is 3.99. The summed E-state index contributed by atoms with van der Waals surface area (Å²) in [6.07, 6.45) is 9.34. The number of carbonyl (C=O) groups excluding carboxylic acids is 1. The second-order valence-corrected chi connectivity index (χ2v) is 9.01. The smallest absolute Gasteiger partial charge is 0.406 e. The van der Waals surface area contributed by atoms with Crippen LogP contribution in [0, 0.1) is 23.2 Å². The first-order chi connectivity index (χ1) is 13.1. The van der Waals surface area contributed by atoms with E-state index >= 15 is 0 Å². The number of benzene rings is 1. The van der Waals surface area contributed by atoms with E-state index in [9.17, 15) is 4.79 Å². The fourth-order valence-corrected chi connectivity index (χ4v) is 6.32. The lowest BCUT2D eigenvalue weighted by atomic mass is 9.49. The molecule has 4 aliphatic rings. The first-order valence-electron chi connectivity index (χ1n) is 10.1. The molecule has 0 saturated heterocycles. The number of carbonyl (C=O) groups is 1. The van der Waals surface area contributed by atoms with Gasteiger partial charge in [0.15, 0.2) is 5.75 Å². The molecule has 0 atom stereocenters. The number of aryl methyl sites for hydroxylation is 1. The predicted octanol–water partition coefficient (Wildman–Crippen LogP) is 4.39. The monoisotopic (exact) mass is 365 g/mol. The second-order valence-electron chi connectivity index (χ2n) is 9.01. The molecule has 4 fully saturated rings. The number of hydrogen-bond donors (Lipinski definition) is 1. The number of amides is 1. The molecular weight excluding hydrogens is 338 g/mol. The summed E-state index contributed by atoms with van der Waals surface area (Å²) in [7, 11) is 1.86. The van der Waals surface area contributed by atoms with Crippen molar-refractivity contribution in [3.8, 4) is 17.0 Å². The summed E-state index contributed by atoms with van der Waals surface area (Å²) in [5, 5.41) is 7.35. The van der Waals surface area contributed by atoms with Crippen LogP contribution in [0.15, 0.2) is 36.5 Å². The van der Waals surface area contributed by atoms with E-state index in [1.807, 2.05) is 37.4 Å². The average molecular weight is 365 g/mol. The Morgan fingerprint density at radius 1 is 1.15 bits per heavy atom. The number of rotatable bonds is 4. The van der Waals surface area contributed by atoms with Gasteiger partial charge in [0.25, 0.3) is 0 Å². The summed E-state index contributed by atoms with van der Waals surface area (Å²) < 4.78 is 7.40. The van der Waals surface area contributed by atoms with Crippen molar-refractivity contribution in [2.45, 2.75) is 38.5 Å². The van der Waals surface area contributed by atoms with Gasteiger partial charge in [-0.05, 0) is 61.7 Å². The van der Waals surface area contributed by atoms with Crippen LogP contribution >= 0.6 is 0 Å². The van der Waals surface area contributed by atoms with Crippen molar-refractivity contribution < 1.29 is 9.53 Å². The third-order valence-electron chi connectivity index (χ3n) is 6.93. The van der Waals surface area contributed by atoms with E-state index in [4.69, 9.17) is 4.74 Å². The lowest BCUT2D eigenvalue weighted by Gasteiger charge is -2.56. The highest BCUT2D eigenvalue weighted by molar-refractivity contribution is 5.75. The molecule has 5 nitrogen and oxygen atoms in total. The molecule has 1 aromatic heterocycles. The number of nitrogens with one attached hydrogen (secondary N) is 1. The fourth-order valence-electron chi connectivity index (χ4n) is 6.32. The summed E-state index contributed by atoms with van der Waals surface area (Å²) in [5.74, 6) is 3.16. The van der Waals surface area contributed by atoms with Gasteiger partial charge in [-0.3, -0.25) is 4.68 Å². The van der Waals surface area contributed by atoms with Crippen LogP contribution < -0.4 is 10.1 Å². The molecule has 4 bridgehead atoms. The van der Waals surface area contributed by atoms with Gasteiger partial charge in [-0.1, -0.05) is 30.3 Å². The van der Waals surface area contributed by atoms with Gasteiger partial charge in [-0.2, -0.15) is 5.10 Å². The quantitative estimate of drug-likeness (QED) is 0.874. The lowest BCUT2D eigenvalue weighted by Crippen LogP contribution is -2.51. The highest BCUT2D eigenvalue weighted by Gasteiger charge is 2.50. The first kappa shape index (κ1) is 16.8. The van der Waals surface area contributed by atoms with Gasteiger partial charge >= 0.3 is 6.09 Å². The highest BCUT2D eigenvalue weighted by atomic mass is 16.6. The third kappa shape index (κ3) is 3.13. The normalized spacial score (nSPS) is 31.1. The maximum absolute atomic E-state index is 12.5. The molecule has 142 valence electrons. The SMILES string of the molecule is Cn1ncc(OC(=O)NCC23CC4CC(CC(C4)C2)C3)c1-c1ccccc1. The third-order valence-corrected chi connectivity index (χ3v) is 6.93. The summed E-state index contributed by atoms with van der Waals surface area (Å²) in [6.45, 7) is 0.746. The van der Waals surface area contributed by atoms with Gasteiger partial charge in [0.2, 0.25) is 0 Å². The molecule has 0 aliphatic heterocycles. The Labute approximate surface area is 160 Å². The van der Waals surface area contributed by atoms with Gasteiger partial charge < -0.3 is 10.1 Å². The van der Waals surface area contributed by atoms with Crippen LogP contribution in [0.3, 0.4) is 0 Å². The first-order valence-corrected chi connectivity index (χ1v) is 10.1. The molecule has 1 amide bonds. The standard InChI is InChI=1S/C22H27N3O2/c1-25-20(18-5-3-2-4-6-18)19(13-24-25)27-21(26)23-14-22-10-15-7-16(11-22)9-17(8-15)12-22/h2-6,13,15-17H,7-12,14H2,1H3,(H,23,26). The van der Waals surface area contributed by atoms with Crippen LogP contribution in [-0.4, -0.2) is 22.4 Å². The Morgan fingerprint density at radius 2 is 1.78 bits per heavy atom. The predicted molar refractivity (Wildman–Crippen MR) is 103 cm³/mol. The van der Waals surface area contributed by atoms with E-state index in [0.29, 0.717) is 11.2 Å². The maximum Gasteiger partial charge on any atom is 0.412 e. The zero-order valence-electron chi connectivity index (χ0n) is 15.9. The molecule has 4 aliphatic carbocycles. The van der Waals surface area contributed by atoms with E-state index in [2.05, 4.69) is 10.4 Å². The van der Waals surface area contributed by atoms with Crippen molar-refractivity contribution in [1.82, 2.24) is 15.1 Å². The molecule has 4 saturated carbocycles. The Bertz CT molecular complexity index is 807. The van der Waals surface area contributed by atoms with Crippen LogP contribution in [0.2, 0.25) is 0 Å². The van der Waals surface area contributed by atoms with Crippen molar-refractivity contribution >= 4 is 6.09 Å². The van der Waals surface area contributed by atoms with Gasteiger partial charge in [-0.25, -0.2) is 4.79 Å². The Morgan fingerprint density at radius 3 is 2.41 bits per heavy atom. The highest BCUT2D eigenvalue weighted by Crippen LogP contribution is 2.59. The Balaban J connectivity index is 1.26. The van der Waals surface area contributed by atoms with Crippen LogP contribution in [0.25, 0.3) is 11.3 Å². The molecule has 0 spiro atoms. The van der Waals surface area contributed by atoms with Crippen molar-refractivity contribution in [3.63, 3.8) is 0 Å². The molecular formula is C22H27N3O2. The zero-order valence-corrected chi connectivity index (χ0v) is 15.9. The molecule has 0 unspecified atom stereocenters. The Hall–Kier alpha value is -2.30. The van der Waals surface area contributed by atoms with Crippen molar-refractivity contribution in [3.05, 3.63) is 36.5 Å². The summed E-state index contributed by atoms with van der Waals surface area (Å²) in [4.78, 5) is 12.5. The van der Waals surface area contributed by atoms with E-state index < -0.39 is 0 Å². The van der Waals surface area contributed by atoms with Crippen molar-refractivity contribution in [1.29, 1.82) is 0 Å². The van der Waals surface area contributed by atoms with Crippen LogP contribution in [0.1, 0.15) is 38.5 Å². The number of aromatic nitrogens is 2. The molecule has 0 radical (unpaired) electrons. The van der Waals surface area contributed by atoms with Crippen LogP contribution in [0.5, 0.6) is 5.75 Å². The van der Waals surface area contributed by atoms with Crippen molar-refractivity contribution in [2.75, 3.05) is 6.54 Å². The molecule has 2 aromatic rings. The van der Waals surface area contributed by atoms with E-state index in [1.165, 1.54) is 38.5 Å². The minimum absolute atomic E-state index is 0.310. The molecule has 6 rings (SSSR count). The lowest BCUT2D eigenvalue weighted by molar-refractivity contribution is -0.0503. The second kappa shape index (κ2) is 6.39. The summed E-state index contributed by atoms with van der Waals surface area (Å²) in [5.41, 5.74) is 2.12. The molecule has 27 heavy (non-hydrogen) atoms. The molecule has 5 heteroatoms. The van der Waals surface area contributed by atoms with E-state index in [1.54, 1.807) is 10.9 Å². The minimum atomic E-state index is -0.365. The van der Waals surface area contributed by atoms with E-state index in [-0.39, 0.29) is 6.09 Å². The number of hydrogen-bond acceptors (Lipinski definition) is 3. The van der Waals surface area contributed by atoms with Crippen molar-refractivity contribution in [2.24, 2.45) is 30.2 Å². The largest absolute Gasteiger partial charge is 0.412 e. The number of ether oxygens (including phenoxy) is 1. The zero-order chi connectivity index (χ0) is 18.4. The fraction of sp³-hybridized carbons (Fsp3) is 0.545. The van der Waals surface area contributed by atoms with Gasteiger partial charge in [0.1, 0.15) is 5.69 Å². The van der Waals surface area contributed by atoms with Gasteiger partial charge in [0.05, 0.1) is 6.20 Å². The van der Waals surface area contributed by atoms with Gasteiger partial charge in [-0.15, -0.1) is 0 Å².